The summed E-state index contributed by atoms with van der Waals surface area (Å²) in [6.45, 7) is 2.84. The summed E-state index contributed by atoms with van der Waals surface area (Å²) < 4.78 is 13.8. The lowest BCUT2D eigenvalue weighted by Crippen LogP contribution is -2.06. The van der Waals surface area contributed by atoms with E-state index < -0.39 is 0 Å². The molecular weight excluding hydrogens is 239 g/mol. The maximum absolute atomic E-state index is 13.8. The molecule has 0 spiro atoms. The average Bonchev–Trinajstić information content (AvgIpc) is 2.44. The molecule has 0 radical (unpaired) electrons. The molecule has 1 aromatic heterocycles. The highest BCUT2D eigenvalue weighted by atomic mass is 19.1. The molecule has 0 aliphatic rings. The van der Waals surface area contributed by atoms with Gasteiger partial charge in [-0.2, -0.15) is 0 Å². The average molecular weight is 258 g/mol. The van der Waals surface area contributed by atoms with Crippen LogP contribution in [0.5, 0.6) is 0 Å². The highest BCUT2D eigenvalue weighted by Gasteiger charge is 2.06. The van der Waals surface area contributed by atoms with E-state index in [1.807, 2.05) is 31.4 Å². The first-order valence-corrected chi connectivity index (χ1v) is 6.58. The van der Waals surface area contributed by atoms with Crippen LogP contribution in [0, 0.1) is 5.82 Å². The van der Waals surface area contributed by atoms with Gasteiger partial charge < -0.3 is 5.32 Å². The fourth-order valence-corrected chi connectivity index (χ4v) is 2.04. The number of hydrogen-bond donors (Lipinski definition) is 1. The molecule has 0 bridgehead atoms. The van der Waals surface area contributed by atoms with Crippen LogP contribution in [0.3, 0.4) is 0 Å². The number of aryl methyl sites for hydroxylation is 1. The molecule has 1 heterocycles. The lowest BCUT2D eigenvalue weighted by molar-refractivity contribution is 0.611. The first kappa shape index (κ1) is 13.7. The standard InChI is InChI=1S/C16H19FN2/c1-3-12-4-6-15(19-11-12)9-14-8-13(10-18-2)5-7-16(14)17/h4-8,11,18H,3,9-10H2,1-2H3. The SMILES string of the molecule is CCc1ccc(Cc2cc(CNC)ccc2F)nc1. The lowest BCUT2D eigenvalue weighted by atomic mass is 10.0. The summed E-state index contributed by atoms with van der Waals surface area (Å²) in [6.07, 6.45) is 3.37. The van der Waals surface area contributed by atoms with Crippen LogP contribution in [0.15, 0.2) is 36.5 Å². The second-order valence-electron chi connectivity index (χ2n) is 4.64. The van der Waals surface area contributed by atoms with E-state index in [1.54, 1.807) is 0 Å². The molecule has 0 fully saturated rings. The number of nitrogens with zero attached hydrogens (tertiary/aromatic N) is 1. The summed E-state index contributed by atoms with van der Waals surface area (Å²) >= 11 is 0. The van der Waals surface area contributed by atoms with E-state index >= 15 is 0 Å². The Kier molecular flexibility index (Phi) is 4.63. The van der Waals surface area contributed by atoms with Crippen molar-refractivity contribution in [3.05, 3.63) is 64.7 Å². The Hall–Kier alpha value is -1.74. The molecule has 0 saturated carbocycles. The predicted molar refractivity (Wildman–Crippen MR) is 75.6 cm³/mol. The summed E-state index contributed by atoms with van der Waals surface area (Å²) in [4.78, 5) is 4.38. The van der Waals surface area contributed by atoms with Crippen molar-refractivity contribution in [3.8, 4) is 0 Å². The topological polar surface area (TPSA) is 24.9 Å². The fourth-order valence-electron chi connectivity index (χ4n) is 2.04. The molecule has 0 aliphatic carbocycles. The fraction of sp³-hybridized carbons (Fsp3) is 0.312. The zero-order valence-corrected chi connectivity index (χ0v) is 11.4. The summed E-state index contributed by atoms with van der Waals surface area (Å²) in [5.74, 6) is -0.166. The van der Waals surface area contributed by atoms with Crippen molar-refractivity contribution < 1.29 is 4.39 Å². The Labute approximate surface area is 113 Å². The molecule has 1 N–H and O–H groups in total. The Morgan fingerprint density at radius 3 is 2.58 bits per heavy atom. The molecule has 100 valence electrons. The third kappa shape index (κ3) is 3.61. The smallest absolute Gasteiger partial charge is 0.126 e. The van der Waals surface area contributed by atoms with E-state index in [0.29, 0.717) is 12.0 Å². The molecule has 2 aromatic rings. The van der Waals surface area contributed by atoms with Crippen molar-refractivity contribution in [2.24, 2.45) is 0 Å². The first-order valence-electron chi connectivity index (χ1n) is 6.58. The first-order chi connectivity index (χ1) is 9.22. The second-order valence-corrected chi connectivity index (χ2v) is 4.64. The monoisotopic (exact) mass is 258 g/mol. The van der Waals surface area contributed by atoms with Gasteiger partial charge in [-0.15, -0.1) is 0 Å². The number of aromatic nitrogens is 1. The van der Waals surface area contributed by atoms with E-state index in [-0.39, 0.29) is 5.82 Å². The zero-order valence-electron chi connectivity index (χ0n) is 11.4. The molecule has 1 aromatic carbocycles. The number of halogens is 1. The molecule has 0 aliphatic heterocycles. The van der Waals surface area contributed by atoms with Crippen LogP contribution in [0.4, 0.5) is 4.39 Å². The number of hydrogen-bond acceptors (Lipinski definition) is 2. The summed E-state index contributed by atoms with van der Waals surface area (Å²) in [6, 6.07) is 9.27. The van der Waals surface area contributed by atoms with Crippen molar-refractivity contribution in [2.75, 3.05) is 7.05 Å². The van der Waals surface area contributed by atoms with Crippen LogP contribution < -0.4 is 5.32 Å². The minimum Gasteiger partial charge on any atom is -0.316 e. The summed E-state index contributed by atoms with van der Waals surface area (Å²) in [7, 11) is 1.88. The Balaban J connectivity index is 2.18. The largest absolute Gasteiger partial charge is 0.316 e. The third-order valence-electron chi connectivity index (χ3n) is 3.16. The Bertz CT molecular complexity index is 535. The van der Waals surface area contributed by atoms with Crippen LogP contribution in [0.1, 0.15) is 29.3 Å². The molecule has 0 amide bonds. The maximum atomic E-state index is 13.8. The van der Waals surface area contributed by atoms with Gasteiger partial charge in [0.25, 0.3) is 0 Å². The third-order valence-corrected chi connectivity index (χ3v) is 3.16. The van der Waals surface area contributed by atoms with Crippen molar-refractivity contribution in [2.45, 2.75) is 26.3 Å². The van der Waals surface area contributed by atoms with E-state index in [2.05, 4.69) is 23.3 Å². The van der Waals surface area contributed by atoms with Gasteiger partial charge in [0.15, 0.2) is 0 Å². The molecule has 19 heavy (non-hydrogen) atoms. The Morgan fingerprint density at radius 1 is 1.16 bits per heavy atom. The molecule has 2 nitrogen and oxygen atoms in total. The minimum absolute atomic E-state index is 0.166. The van der Waals surface area contributed by atoms with Crippen molar-refractivity contribution in [3.63, 3.8) is 0 Å². The zero-order chi connectivity index (χ0) is 13.7. The second kappa shape index (κ2) is 6.43. The van der Waals surface area contributed by atoms with Crippen molar-refractivity contribution in [1.29, 1.82) is 0 Å². The highest BCUT2D eigenvalue weighted by Crippen LogP contribution is 2.15. The van der Waals surface area contributed by atoms with Gasteiger partial charge in [-0.05, 0) is 42.3 Å². The highest BCUT2D eigenvalue weighted by molar-refractivity contribution is 5.29. The van der Waals surface area contributed by atoms with Gasteiger partial charge in [-0.25, -0.2) is 4.39 Å². The van der Waals surface area contributed by atoms with E-state index in [9.17, 15) is 4.39 Å². The van der Waals surface area contributed by atoms with Gasteiger partial charge in [0, 0.05) is 24.9 Å². The maximum Gasteiger partial charge on any atom is 0.126 e. The van der Waals surface area contributed by atoms with Gasteiger partial charge in [0.05, 0.1) is 0 Å². The van der Waals surface area contributed by atoms with Gasteiger partial charge in [-0.1, -0.05) is 25.1 Å². The quantitative estimate of drug-likeness (QED) is 0.891. The van der Waals surface area contributed by atoms with Gasteiger partial charge in [-0.3, -0.25) is 4.98 Å². The number of nitrogens with one attached hydrogen (secondary N) is 1. The number of rotatable bonds is 5. The van der Waals surface area contributed by atoms with Gasteiger partial charge >= 0.3 is 0 Å². The van der Waals surface area contributed by atoms with Crippen LogP contribution in [-0.4, -0.2) is 12.0 Å². The molecule has 3 heteroatoms. The Morgan fingerprint density at radius 2 is 1.95 bits per heavy atom. The predicted octanol–water partition coefficient (Wildman–Crippen LogP) is 3.09. The van der Waals surface area contributed by atoms with E-state index in [1.165, 1.54) is 11.6 Å². The lowest BCUT2D eigenvalue weighted by Gasteiger charge is -2.07. The van der Waals surface area contributed by atoms with Crippen LogP contribution >= 0.6 is 0 Å². The van der Waals surface area contributed by atoms with Crippen LogP contribution in [-0.2, 0) is 19.4 Å². The van der Waals surface area contributed by atoms with E-state index in [0.717, 1.165) is 24.2 Å². The number of benzene rings is 1. The summed E-state index contributed by atoms with van der Waals surface area (Å²) in [5, 5.41) is 3.07. The van der Waals surface area contributed by atoms with Crippen molar-refractivity contribution in [1.82, 2.24) is 10.3 Å². The molecule has 0 atom stereocenters. The normalized spacial score (nSPS) is 10.7. The molecule has 2 rings (SSSR count). The number of pyridine rings is 1. The molecular formula is C16H19FN2. The van der Waals surface area contributed by atoms with Gasteiger partial charge in [0.1, 0.15) is 5.82 Å². The van der Waals surface area contributed by atoms with E-state index in [4.69, 9.17) is 0 Å². The van der Waals surface area contributed by atoms with Gasteiger partial charge in [0.2, 0.25) is 0 Å². The van der Waals surface area contributed by atoms with Crippen LogP contribution in [0.2, 0.25) is 0 Å². The molecule has 0 unspecified atom stereocenters. The van der Waals surface area contributed by atoms with Crippen molar-refractivity contribution >= 4 is 0 Å². The minimum atomic E-state index is -0.166. The van der Waals surface area contributed by atoms with Crippen LogP contribution in [0.25, 0.3) is 0 Å². The summed E-state index contributed by atoms with van der Waals surface area (Å²) in [5.41, 5.74) is 3.89. The molecule has 0 saturated heterocycles.